The van der Waals surface area contributed by atoms with E-state index in [0.29, 0.717) is 12.6 Å². The number of aliphatic hydroxyl groups excluding tert-OH is 1. The van der Waals surface area contributed by atoms with E-state index in [0.717, 1.165) is 26.1 Å². The van der Waals surface area contributed by atoms with Gasteiger partial charge in [-0.2, -0.15) is 0 Å². The molecule has 2 N–H and O–H groups in total. The van der Waals surface area contributed by atoms with Crippen molar-refractivity contribution in [2.45, 2.75) is 25.6 Å². The number of anilines is 1. The highest BCUT2D eigenvalue weighted by Gasteiger charge is 2.24. The molecule has 0 amide bonds. The lowest BCUT2D eigenvalue weighted by atomic mass is 10.1. The van der Waals surface area contributed by atoms with Crippen LogP contribution in [-0.2, 0) is 13.1 Å². The van der Waals surface area contributed by atoms with E-state index in [-0.39, 0.29) is 6.61 Å². The van der Waals surface area contributed by atoms with E-state index in [2.05, 4.69) is 74.5 Å². The molecule has 0 radical (unpaired) electrons. The molecule has 4 aromatic rings. The number of aliphatic hydroxyl groups is 1. The van der Waals surface area contributed by atoms with Crippen LogP contribution < -0.4 is 5.32 Å². The SMILES string of the molecule is OCCn1cc(CN2CCC(Nc3cccc4cnccc34)C2)c2ccccc21. The zero-order valence-corrected chi connectivity index (χ0v) is 16.5. The third-order valence-electron chi connectivity index (χ3n) is 5.92. The Balaban J connectivity index is 1.31. The Kier molecular flexibility index (Phi) is 4.92. The normalized spacial score (nSPS) is 17.3. The first-order valence-electron chi connectivity index (χ1n) is 10.3. The van der Waals surface area contributed by atoms with Crippen molar-refractivity contribution in [1.82, 2.24) is 14.5 Å². The third kappa shape index (κ3) is 3.59. The van der Waals surface area contributed by atoms with Gasteiger partial charge in [-0.15, -0.1) is 0 Å². The van der Waals surface area contributed by atoms with Gasteiger partial charge in [-0.3, -0.25) is 9.88 Å². The number of nitrogens with one attached hydrogen (secondary N) is 1. The summed E-state index contributed by atoms with van der Waals surface area (Å²) in [5, 5.41) is 16.8. The summed E-state index contributed by atoms with van der Waals surface area (Å²) in [6, 6.07) is 17.4. The Morgan fingerprint density at radius 1 is 1.07 bits per heavy atom. The maximum Gasteiger partial charge on any atom is 0.0610 e. The zero-order chi connectivity index (χ0) is 19.6. The standard InChI is InChI=1S/C24H26N4O/c29-13-12-28-16-19(22-5-1-2-7-24(22)28)15-27-11-9-20(17-27)26-23-6-3-4-18-14-25-10-8-21(18)23/h1-8,10,14,16,20,26,29H,9,11-13,15,17H2. The predicted molar refractivity (Wildman–Crippen MR) is 118 cm³/mol. The molecular weight excluding hydrogens is 360 g/mol. The molecule has 0 spiro atoms. The van der Waals surface area contributed by atoms with Crippen LogP contribution in [-0.4, -0.2) is 45.3 Å². The third-order valence-corrected chi connectivity index (χ3v) is 5.92. The van der Waals surface area contributed by atoms with Crippen molar-refractivity contribution < 1.29 is 5.11 Å². The smallest absolute Gasteiger partial charge is 0.0610 e. The Labute approximate surface area is 170 Å². The first-order chi connectivity index (χ1) is 14.3. The van der Waals surface area contributed by atoms with Crippen molar-refractivity contribution >= 4 is 27.4 Å². The van der Waals surface area contributed by atoms with Gasteiger partial charge in [0.05, 0.1) is 6.61 Å². The van der Waals surface area contributed by atoms with Gasteiger partial charge in [-0.05, 0) is 30.2 Å². The summed E-state index contributed by atoms with van der Waals surface area (Å²) in [6.07, 6.45) is 7.12. The fourth-order valence-electron chi connectivity index (χ4n) is 4.54. The minimum atomic E-state index is 0.161. The number of rotatable bonds is 6. The lowest BCUT2D eigenvalue weighted by molar-refractivity contribution is 0.277. The van der Waals surface area contributed by atoms with Crippen molar-refractivity contribution in [2.24, 2.45) is 0 Å². The highest BCUT2D eigenvalue weighted by atomic mass is 16.3. The molecule has 3 heterocycles. The van der Waals surface area contributed by atoms with Crippen molar-refractivity contribution in [2.75, 3.05) is 25.0 Å². The highest BCUT2D eigenvalue weighted by Crippen LogP contribution is 2.27. The summed E-state index contributed by atoms with van der Waals surface area (Å²) >= 11 is 0. The fourth-order valence-corrected chi connectivity index (χ4v) is 4.54. The lowest BCUT2D eigenvalue weighted by Crippen LogP contribution is -2.26. The van der Waals surface area contributed by atoms with Crippen molar-refractivity contribution in [1.29, 1.82) is 0 Å². The molecule has 5 rings (SSSR count). The Bertz CT molecular complexity index is 1130. The van der Waals surface area contributed by atoms with Crippen LogP contribution in [0, 0.1) is 0 Å². The Hall–Kier alpha value is -2.89. The van der Waals surface area contributed by atoms with Crippen molar-refractivity contribution in [3.05, 3.63) is 72.7 Å². The van der Waals surface area contributed by atoms with Crippen LogP contribution in [0.15, 0.2) is 67.1 Å². The number of likely N-dealkylation sites (tertiary alicyclic amines) is 1. The Morgan fingerprint density at radius 2 is 2.00 bits per heavy atom. The molecule has 1 fully saturated rings. The molecule has 1 unspecified atom stereocenters. The van der Waals surface area contributed by atoms with Crippen LogP contribution in [0.25, 0.3) is 21.7 Å². The molecule has 5 heteroatoms. The molecule has 2 aromatic carbocycles. The van der Waals surface area contributed by atoms with Gasteiger partial charge in [0.25, 0.3) is 0 Å². The number of fused-ring (bicyclic) bond motifs is 2. The van der Waals surface area contributed by atoms with Crippen LogP contribution in [0.1, 0.15) is 12.0 Å². The summed E-state index contributed by atoms with van der Waals surface area (Å²) < 4.78 is 2.17. The minimum Gasteiger partial charge on any atom is -0.395 e. The molecule has 2 aromatic heterocycles. The first kappa shape index (κ1) is 18.2. The number of hydrogen-bond acceptors (Lipinski definition) is 4. The number of aromatic nitrogens is 2. The molecule has 0 saturated carbocycles. The van der Waals surface area contributed by atoms with E-state index < -0.39 is 0 Å². The number of pyridine rings is 1. The van der Waals surface area contributed by atoms with Crippen molar-refractivity contribution in [3.8, 4) is 0 Å². The highest BCUT2D eigenvalue weighted by molar-refractivity contribution is 5.93. The average molecular weight is 386 g/mol. The predicted octanol–water partition coefficient (Wildman–Crippen LogP) is 3.87. The van der Waals surface area contributed by atoms with Crippen LogP contribution in [0.4, 0.5) is 5.69 Å². The molecule has 1 aliphatic rings. The van der Waals surface area contributed by atoms with Gasteiger partial charge >= 0.3 is 0 Å². The largest absolute Gasteiger partial charge is 0.395 e. The van der Waals surface area contributed by atoms with Crippen LogP contribution in [0.5, 0.6) is 0 Å². The van der Waals surface area contributed by atoms with Gasteiger partial charge in [0.15, 0.2) is 0 Å². The second-order valence-corrected chi connectivity index (χ2v) is 7.86. The number of nitrogens with zero attached hydrogens (tertiary/aromatic N) is 3. The molecule has 1 aliphatic heterocycles. The molecule has 148 valence electrons. The average Bonchev–Trinajstić information content (AvgIpc) is 3.34. The van der Waals surface area contributed by atoms with Crippen LogP contribution >= 0.6 is 0 Å². The quantitative estimate of drug-likeness (QED) is 0.528. The van der Waals surface area contributed by atoms with Crippen LogP contribution in [0.2, 0.25) is 0 Å². The molecule has 5 nitrogen and oxygen atoms in total. The topological polar surface area (TPSA) is 53.3 Å². The minimum absolute atomic E-state index is 0.161. The zero-order valence-electron chi connectivity index (χ0n) is 16.5. The molecule has 0 aliphatic carbocycles. The second kappa shape index (κ2) is 7.85. The summed E-state index contributed by atoms with van der Waals surface area (Å²) in [6.45, 7) is 3.86. The van der Waals surface area contributed by atoms with Gasteiger partial charge in [0, 0.05) is 78.2 Å². The van der Waals surface area contributed by atoms with E-state index in [1.807, 2.05) is 12.4 Å². The molecular formula is C24H26N4O. The summed E-state index contributed by atoms with van der Waals surface area (Å²) in [4.78, 5) is 6.75. The van der Waals surface area contributed by atoms with Gasteiger partial charge in [-0.25, -0.2) is 0 Å². The van der Waals surface area contributed by atoms with Crippen molar-refractivity contribution in [3.63, 3.8) is 0 Å². The lowest BCUT2D eigenvalue weighted by Gasteiger charge is -2.18. The fraction of sp³-hybridized carbons (Fsp3) is 0.292. The van der Waals surface area contributed by atoms with E-state index >= 15 is 0 Å². The number of para-hydroxylation sites is 1. The molecule has 1 atom stereocenters. The first-order valence-corrected chi connectivity index (χ1v) is 10.3. The second-order valence-electron chi connectivity index (χ2n) is 7.86. The molecule has 0 bridgehead atoms. The number of hydrogen-bond donors (Lipinski definition) is 2. The van der Waals surface area contributed by atoms with E-state index in [9.17, 15) is 5.11 Å². The van der Waals surface area contributed by atoms with E-state index in [1.165, 1.54) is 32.9 Å². The molecule has 1 saturated heterocycles. The van der Waals surface area contributed by atoms with E-state index in [4.69, 9.17) is 0 Å². The van der Waals surface area contributed by atoms with Gasteiger partial charge in [0.2, 0.25) is 0 Å². The Morgan fingerprint density at radius 3 is 2.93 bits per heavy atom. The van der Waals surface area contributed by atoms with Gasteiger partial charge in [-0.1, -0.05) is 30.3 Å². The van der Waals surface area contributed by atoms with Gasteiger partial charge < -0.3 is 15.0 Å². The summed E-state index contributed by atoms with van der Waals surface area (Å²) in [5.74, 6) is 0. The number of benzene rings is 2. The van der Waals surface area contributed by atoms with E-state index in [1.54, 1.807) is 0 Å². The maximum atomic E-state index is 9.38. The summed E-state index contributed by atoms with van der Waals surface area (Å²) in [5.41, 5.74) is 3.73. The van der Waals surface area contributed by atoms with Gasteiger partial charge in [0.1, 0.15) is 0 Å². The summed E-state index contributed by atoms with van der Waals surface area (Å²) in [7, 11) is 0. The maximum absolute atomic E-state index is 9.38. The molecule has 29 heavy (non-hydrogen) atoms. The monoisotopic (exact) mass is 386 g/mol. The van der Waals surface area contributed by atoms with Crippen LogP contribution in [0.3, 0.4) is 0 Å².